The molecule has 0 aliphatic rings. The molecule has 0 aliphatic heterocycles. The minimum absolute atomic E-state index is 0.774. The zero-order valence-electron chi connectivity index (χ0n) is 17.5. The van der Waals surface area contributed by atoms with Gasteiger partial charge < -0.3 is 8.85 Å². The van der Waals surface area contributed by atoms with Gasteiger partial charge in [-0.2, -0.15) is 0 Å². The van der Waals surface area contributed by atoms with E-state index in [2.05, 4.69) is 33.9 Å². The molecule has 0 amide bonds. The normalized spacial score (nSPS) is 12.2. The predicted molar refractivity (Wildman–Crippen MR) is 110 cm³/mol. The van der Waals surface area contributed by atoms with Crippen LogP contribution >= 0.6 is 0 Å². The first-order chi connectivity index (χ1) is 11.5. The summed E-state index contributed by atoms with van der Waals surface area (Å²) in [6, 6.07) is 0. The summed E-state index contributed by atoms with van der Waals surface area (Å²) in [6.45, 7) is 12.9. The van der Waals surface area contributed by atoms with E-state index in [1.165, 1.54) is 77.0 Å². The second kappa shape index (κ2) is 16.6. The Balaban J connectivity index is 3.30. The molecule has 2 nitrogen and oxygen atoms in total. The van der Waals surface area contributed by atoms with E-state index in [0.717, 1.165) is 25.6 Å². The van der Waals surface area contributed by atoms with Crippen LogP contribution in [0.1, 0.15) is 104 Å². The van der Waals surface area contributed by atoms with E-state index < -0.39 is 8.56 Å². The van der Waals surface area contributed by atoms with E-state index in [9.17, 15) is 0 Å². The molecule has 0 saturated carbocycles. The zero-order valence-corrected chi connectivity index (χ0v) is 18.5. The lowest BCUT2D eigenvalue weighted by molar-refractivity contribution is 0.171. The lowest BCUT2D eigenvalue weighted by atomic mass is 10.1. The molecule has 0 atom stereocenters. The number of hydrogen-bond donors (Lipinski definition) is 0. The first kappa shape index (κ1) is 24.1. The number of hydrogen-bond acceptors (Lipinski definition) is 2. The molecule has 0 radical (unpaired) electrons. The topological polar surface area (TPSA) is 18.5 Å². The third-order valence-electron chi connectivity index (χ3n) is 4.57. The Kier molecular flexibility index (Phi) is 16.7. The highest BCUT2D eigenvalue weighted by atomic mass is 28.4. The van der Waals surface area contributed by atoms with Crippen LogP contribution < -0.4 is 0 Å². The SMILES string of the molecule is CCCCCCCCCCCCCO[Si](C)(C)OCCCC(C)C. The molecule has 0 aliphatic carbocycles. The quantitative estimate of drug-likeness (QED) is 0.187. The van der Waals surface area contributed by atoms with Crippen LogP contribution in [0.4, 0.5) is 0 Å². The molecule has 0 saturated heterocycles. The van der Waals surface area contributed by atoms with Crippen LogP contribution in [-0.2, 0) is 8.85 Å². The van der Waals surface area contributed by atoms with E-state index >= 15 is 0 Å². The average Bonchev–Trinajstić information content (AvgIpc) is 2.52. The predicted octanol–water partition coefficient (Wildman–Crippen LogP) is 7.47. The third-order valence-corrected chi connectivity index (χ3v) is 6.37. The molecule has 146 valence electrons. The lowest BCUT2D eigenvalue weighted by Crippen LogP contribution is -2.35. The van der Waals surface area contributed by atoms with Crippen molar-refractivity contribution in [1.82, 2.24) is 0 Å². The van der Waals surface area contributed by atoms with Crippen molar-refractivity contribution in [1.29, 1.82) is 0 Å². The zero-order chi connectivity index (χ0) is 18.1. The van der Waals surface area contributed by atoms with Crippen LogP contribution in [0.25, 0.3) is 0 Å². The summed E-state index contributed by atoms with van der Waals surface area (Å²) >= 11 is 0. The Morgan fingerprint density at radius 3 is 1.50 bits per heavy atom. The summed E-state index contributed by atoms with van der Waals surface area (Å²) in [6.07, 6.45) is 17.6. The van der Waals surface area contributed by atoms with Crippen molar-refractivity contribution in [3.8, 4) is 0 Å². The fourth-order valence-corrected chi connectivity index (χ4v) is 4.29. The van der Waals surface area contributed by atoms with Gasteiger partial charge in [0.15, 0.2) is 0 Å². The summed E-state index contributed by atoms with van der Waals surface area (Å²) in [5.41, 5.74) is 0. The van der Waals surface area contributed by atoms with Crippen molar-refractivity contribution in [2.45, 2.75) is 117 Å². The summed E-state index contributed by atoms with van der Waals surface area (Å²) < 4.78 is 12.0. The van der Waals surface area contributed by atoms with E-state index in [-0.39, 0.29) is 0 Å². The van der Waals surface area contributed by atoms with Gasteiger partial charge in [0.05, 0.1) is 0 Å². The molecule has 0 bridgehead atoms. The van der Waals surface area contributed by atoms with Gasteiger partial charge in [-0.05, 0) is 38.3 Å². The lowest BCUT2D eigenvalue weighted by Gasteiger charge is -2.23. The van der Waals surface area contributed by atoms with Crippen molar-refractivity contribution >= 4 is 8.56 Å². The third kappa shape index (κ3) is 18.5. The van der Waals surface area contributed by atoms with Crippen molar-refractivity contribution in [2.24, 2.45) is 5.92 Å². The van der Waals surface area contributed by atoms with Crippen molar-refractivity contribution in [2.75, 3.05) is 13.2 Å². The molecule has 0 spiro atoms. The second-order valence-electron chi connectivity index (χ2n) is 8.17. The molecule has 0 fully saturated rings. The van der Waals surface area contributed by atoms with Gasteiger partial charge in [-0.15, -0.1) is 0 Å². The monoisotopic (exact) mass is 358 g/mol. The van der Waals surface area contributed by atoms with Crippen LogP contribution in [0.2, 0.25) is 13.1 Å². The van der Waals surface area contributed by atoms with E-state index in [4.69, 9.17) is 8.85 Å². The van der Waals surface area contributed by atoms with Crippen LogP contribution in [0.3, 0.4) is 0 Å². The van der Waals surface area contributed by atoms with Crippen molar-refractivity contribution in [3.05, 3.63) is 0 Å². The van der Waals surface area contributed by atoms with E-state index in [1.54, 1.807) is 0 Å². The van der Waals surface area contributed by atoms with Gasteiger partial charge in [-0.1, -0.05) is 85.0 Å². The standard InChI is InChI=1S/C21H46O2Si/c1-6-7-8-9-10-11-12-13-14-15-16-19-22-24(4,5)23-20-17-18-21(2)3/h21H,6-20H2,1-5H3. The number of unbranched alkanes of at least 4 members (excludes halogenated alkanes) is 10. The molecular weight excluding hydrogens is 312 g/mol. The highest BCUT2D eigenvalue weighted by Gasteiger charge is 2.23. The molecule has 0 rings (SSSR count). The molecule has 0 aromatic carbocycles. The van der Waals surface area contributed by atoms with Gasteiger partial charge in [-0.25, -0.2) is 0 Å². The van der Waals surface area contributed by atoms with Crippen LogP contribution in [0.5, 0.6) is 0 Å². The summed E-state index contributed by atoms with van der Waals surface area (Å²) in [4.78, 5) is 0. The molecule has 3 heteroatoms. The van der Waals surface area contributed by atoms with Gasteiger partial charge in [0.2, 0.25) is 0 Å². The maximum atomic E-state index is 6.04. The Morgan fingerprint density at radius 2 is 1.04 bits per heavy atom. The van der Waals surface area contributed by atoms with Crippen LogP contribution in [-0.4, -0.2) is 21.8 Å². The Morgan fingerprint density at radius 1 is 0.625 bits per heavy atom. The molecular formula is C21H46O2Si. The van der Waals surface area contributed by atoms with E-state index in [0.29, 0.717) is 0 Å². The van der Waals surface area contributed by atoms with Crippen molar-refractivity contribution < 1.29 is 8.85 Å². The van der Waals surface area contributed by atoms with Gasteiger partial charge in [-0.3, -0.25) is 0 Å². The largest absolute Gasteiger partial charge is 0.395 e. The maximum absolute atomic E-state index is 6.04. The Hall–Kier alpha value is 0.137. The van der Waals surface area contributed by atoms with Crippen LogP contribution in [0.15, 0.2) is 0 Å². The Bertz CT molecular complexity index is 254. The van der Waals surface area contributed by atoms with Crippen LogP contribution in [0, 0.1) is 5.92 Å². The first-order valence-electron chi connectivity index (χ1n) is 10.8. The Labute approximate surface area is 154 Å². The smallest absolute Gasteiger partial charge is 0.331 e. The fourth-order valence-electron chi connectivity index (χ4n) is 2.94. The number of rotatable bonds is 18. The summed E-state index contributed by atoms with van der Waals surface area (Å²) in [5, 5.41) is 0. The minimum Gasteiger partial charge on any atom is -0.395 e. The molecule has 0 heterocycles. The van der Waals surface area contributed by atoms with Gasteiger partial charge in [0.1, 0.15) is 0 Å². The molecule has 0 aromatic rings. The maximum Gasteiger partial charge on any atom is 0.331 e. The molecule has 0 N–H and O–H groups in total. The van der Waals surface area contributed by atoms with E-state index in [1.807, 2.05) is 0 Å². The van der Waals surface area contributed by atoms with Crippen molar-refractivity contribution in [3.63, 3.8) is 0 Å². The fraction of sp³-hybridized carbons (Fsp3) is 1.00. The average molecular weight is 359 g/mol. The first-order valence-corrected chi connectivity index (χ1v) is 13.6. The highest BCUT2D eigenvalue weighted by molar-refractivity contribution is 6.64. The second-order valence-corrected chi connectivity index (χ2v) is 11.5. The van der Waals surface area contributed by atoms with Gasteiger partial charge >= 0.3 is 8.56 Å². The highest BCUT2D eigenvalue weighted by Crippen LogP contribution is 2.13. The summed E-state index contributed by atoms with van der Waals surface area (Å²) in [5.74, 6) is 0.774. The van der Waals surface area contributed by atoms with Gasteiger partial charge in [0.25, 0.3) is 0 Å². The molecule has 0 unspecified atom stereocenters. The summed E-state index contributed by atoms with van der Waals surface area (Å²) in [7, 11) is -1.87. The molecule has 24 heavy (non-hydrogen) atoms. The molecule has 0 aromatic heterocycles. The van der Waals surface area contributed by atoms with Gasteiger partial charge in [0, 0.05) is 13.2 Å². The minimum atomic E-state index is -1.87.